The number of H-pyrrole nitrogens is 1. The number of carbonyl (C=O) groups is 1. The fourth-order valence-corrected chi connectivity index (χ4v) is 3.64. The van der Waals surface area contributed by atoms with Gasteiger partial charge < -0.3 is 9.88 Å². The molecule has 0 unspecified atom stereocenters. The van der Waals surface area contributed by atoms with Crippen molar-refractivity contribution in [3.8, 4) is 0 Å². The fraction of sp³-hybridized carbons (Fsp3) is 0.133. The van der Waals surface area contributed by atoms with Gasteiger partial charge in [0, 0.05) is 11.5 Å². The summed E-state index contributed by atoms with van der Waals surface area (Å²) in [5.74, 6) is 0.195. The number of nitrogens with zero attached hydrogens (tertiary/aromatic N) is 2. The summed E-state index contributed by atoms with van der Waals surface area (Å²) in [7, 11) is 1.64. The number of aromatic nitrogens is 2. The average molecular weight is 413 g/mol. The molecule has 0 spiro atoms. The molecule has 0 radical (unpaired) electrons. The molecule has 0 atom stereocenters. The predicted molar refractivity (Wildman–Crippen MR) is 95.2 cm³/mol. The summed E-state index contributed by atoms with van der Waals surface area (Å²) >= 11 is 10.8. The van der Waals surface area contributed by atoms with Crippen LogP contribution in [0.15, 0.2) is 38.9 Å². The van der Waals surface area contributed by atoms with E-state index in [-0.39, 0.29) is 18.0 Å². The van der Waals surface area contributed by atoms with Crippen molar-refractivity contribution in [1.82, 2.24) is 14.9 Å². The molecule has 1 amide bonds. The van der Waals surface area contributed by atoms with Crippen LogP contribution in [0.3, 0.4) is 0 Å². The number of fused-ring (bicyclic) bond motifs is 1. The molecule has 1 aromatic carbocycles. The van der Waals surface area contributed by atoms with E-state index in [0.29, 0.717) is 26.6 Å². The van der Waals surface area contributed by atoms with Crippen LogP contribution < -0.4 is 5.56 Å². The van der Waals surface area contributed by atoms with E-state index in [1.807, 2.05) is 5.38 Å². The van der Waals surface area contributed by atoms with Gasteiger partial charge in [-0.3, -0.25) is 9.59 Å². The number of hydrogen-bond acceptors (Lipinski definition) is 4. The van der Waals surface area contributed by atoms with E-state index in [2.05, 4.69) is 25.9 Å². The van der Waals surface area contributed by atoms with Crippen LogP contribution >= 0.6 is 38.9 Å². The minimum Gasteiger partial charge on any atom is -0.334 e. The van der Waals surface area contributed by atoms with Crippen LogP contribution in [0.4, 0.5) is 0 Å². The Morgan fingerprint density at radius 1 is 1.43 bits per heavy atom. The lowest BCUT2D eigenvalue weighted by Gasteiger charge is -2.17. The van der Waals surface area contributed by atoms with E-state index in [4.69, 9.17) is 11.6 Å². The second-order valence-electron chi connectivity index (χ2n) is 4.93. The van der Waals surface area contributed by atoms with Crippen molar-refractivity contribution in [3.05, 3.63) is 60.9 Å². The van der Waals surface area contributed by atoms with Gasteiger partial charge in [-0.15, -0.1) is 11.3 Å². The van der Waals surface area contributed by atoms with E-state index in [9.17, 15) is 9.59 Å². The highest BCUT2D eigenvalue weighted by Gasteiger charge is 2.17. The first kappa shape index (κ1) is 16.2. The summed E-state index contributed by atoms with van der Waals surface area (Å²) in [5.41, 5.74) is 0.843. The van der Waals surface area contributed by atoms with E-state index < -0.39 is 0 Å². The average Bonchev–Trinajstić information content (AvgIpc) is 2.95. The summed E-state index contributed by atoms with van der Waals surface area (Å²) in [6.07, 6.45) is 0. The first-order valence-corrected chi connectivity index (χ1v) is 8.67. The third-order valence-corrected chi connectivity index (χ3v) is 4.97. The monoisotopic (exact) mass is 411 g/mol. The smallest absolute Gasteiger partial charge is 0.268 e. The Morgan fingerprint density at radius 2 is 2.22 bits per heavy atom. The zero-order valence-corrected chi connectivity index (χ0v) is 15.1. The van der Waals surface area contributed by atoms with Gasteiger partial charge in [0.1, 0.15) is 10.5 Å². The molecule has 5 nitrogen and oxygen atoms in total. The third kappa shape index (κ3) is 3.31. The van der Waals surface area contributed by atoms with Crippen LogP contribution in [0, 0.1) is 0 Å². The number of halogens is 2. The summed E-state index contributed by atoms with van der Waals surface area (Å²) in [6, 6.07) is 6.86. The lowest BCUT2D eigenvalue weighted by Crippen LogP contribution is -2.28. The topological polar surface area (TPSA) is 66.1 Å². The number of aromatic amines is 1. The van der Waals surface area contributed by atoms with Gasteiger partial charge in [-0.2, -0.15) is 0 Å². The van der Waals surface area contributed by atoms with Gasteiger partial charge in [-0.1, -0.05) is 27.5 Å². The lowest BCUT2D eigenvalue weighted by atomic mass is 10.2. The third-order valence-electron chi connectivity index (χ3n) is 3.26. The molecular weight excluding hydrogens is 402 g/mol. The van der Waals surface area contributed by atoms with Gasteiger partial charge in [0.05, 0.1) is 22.6 Å². The van der Waals surface area contributed by atoms with Gasteiger partial charge in [0.15, 0.2) is 0 Å². The van der Waals surface area contributed by atoms with Gasteiger partial charge in [-0.05, 0) is 29.6 Å². The van der Waals surface area contributed by atoms with Crippen LogP contribution in [0.2, 0.25) is 5.02 Å². The Kier molecular flexibility index (Phi) is 4.52. The molecule has 23 heavy (non-hydrogen) atoms. The summed E-state index contributed by atoms with van der Waals surface area (Å²) in [6.45, 7) is 0.187. The highest BCUT2D eigenvalue weighted by atomic mass is 79.9. The predicted octanol–water partition coefficient (Wildman–Crippen LogP) is 3.67. The zero-order valence-electron chi connectivity index (χ0n) is 12.0. The SMILES string of the molecule is CN(Cc1nc2ccsc2c(=O)[nH]1)C(=O)c1ccc(Br)cc1Cl. The Morgan fingerprint density at radius 3 is 2.96 bits per heavy atom. The number of thiophene rings is 1. The Bertz CT molecular complexity index is 953. The van der Waals surface area contributed by atoms with Crippen molar-refractivity contribution >= 4 is 55.0 Å². The van der Waals surface area contributed by atoms with Crippen LogP contribution in [-0.2, 0) is 6.54 Å². The van der Waals surface area contributed by atoms with Crippen LogP contribution in [0.5, 0.6) is 0 Å². The number of carbonyl (C=O) groups excluding carboxylic acids is 1. The van der Waals surface area contributed by atoms with E-state index >= 15 is 0 Å². The minimum absolute atomic E-state index is 0.187. The maximum Gasteiger partial charge on any atom is 0.268 e. The second kappa shape index (κ2) is 6.43. The molecular formula is C15H11BrClN3O2S. The van der Waals surface area contributed by atoms with Crippen LogP contribution in [0.25, 0.3) is 10.2 Å². The van der Waals surface area contributed by atoms with Crippen molar-refractivity contribution < 1.29 is 4.79 Å². The molecule has 3 aromatic rings. The van der Waals surface area contributed by atoms with E-state index in [0.717, 1.165) is 4.47 Å². The van der Waals surface area contributed by atoms with Crippen LogP contribution in [-0.4, -0.2) is 27.8 Å². The molecule has 2 heterocycles. The highest BCUT2D eigenvalue weighted by molar-refractivity contribution is 9.10. The number of amides is 1. The number of nitrogens with one attached hydrogen (secondary N) is 1. The molecule has 0 fully saturated rings. The molecule has 118 valence electrons. The molecule has 0 aliphatic heterocycles. The minimum atomic E-state index is -0.240. The number of benzene rings is 1. The molecule has 0 saturated heterocycles. The van der Waals surface area contributed by atoms with Crippen LogP contribution in [0.1, 0.15) is 16.2 Å². The summed E-state index contributed by atoms with van der Waals surface area (Å²) in [4.78, 5) is 33.0. The standard InChI is InChI=1S/C15H11BrClN3O2S/c1-20(15(22)9-3-2-8(16)6-10(9)17)7-12-18-11-4-5-23-13(11)14(21)19-12/h2-6H,7H2,1H3,(H,18,19,21). The fourth-order valence-electron chi connectivity index (χ4n) is 2.16. The molecule has 1 N–H and O–H groups in total. The maximum absolute atomic E-state index is 12.5. The quantitative estimate of drug-likeness (QED) is 0.714. The molecule has 3 rings (SSSR count). The molecule has 0 bridgehead atoms. The van der Waals surface area contributed by atoms with E-state index in [1.54, 1.807) is 31.3 Å². The van der Waals surface area contributed by atoms with Crippen molar-refractivity contribution in [2.24, 2.45) is 0 Å². The summed E-state index contributed by atoms with van der Waals surface area (Å²) < 4.78 is 1.38. The van der Waals surface area contributed by atoms with Crippen molar-refractivity contribution in [3.63, 3.8) is 0 Å². The first-order valence-electron chi connectivity index (χ1n) is 6.62. The molecule has 0 aliphatic rings. The molecule has 8 heteroatoms. The maximum atomic E-state index is 12.5. The Balaban J connectivity index is 1.86. The molecule has 2 aromatic heterocycles. The molecule has 0 saturated carbocycles. The highest BCUT2D eigenvalue weighted by Crippen LogP contribution is 2.23. The van der Waals surface area contributed by atoms with E-state index in [1.165, 1.54) is 16.2 Å². The van der Waals surface area contributed by atoms with Crippen molar-refractivity contribution in [2.75, 3.05) is 7.05 Å². The van der Waals surface area contributed by atoms with Gasteiger partial charge in [-0.25, -0.2) is 4.98 Å². The largest absolute Gasteiger partial charge is 0.334 e. The van der Waals surface area contributed by atoms with Gasteiger partial charge >= 0.3 is 0 Å². The first-order chi connectivity index (χ1) is 11.0. The Hall–Kier alpha value is -1.70. The lowest BCUT2D eigenvalue weighted by molar-refractivity contribution is 0.0781. The molecule has 0 aliphatic carbocycles. The summed E-state index contributed by atoms with van der Waals surface area (Å²) in [5, 5.41) is 2.18. The number of rotatable bonds is 3. The van der Waals surface area contributed by atoms with Gasteiger partial charge in [0.25, 0.3) is 11.5 Å². The zero-order chi connectivity index (χ0) is 16.6. The van der Waals surface area contributed by atoms with Crippen molar-refractivity contribution in [2.45, 2.75) is 6.54 Å². The van der Waals surface area contributed by atoms with Crippen molar-refractivity contribution in [1.29, 1.82) is 0 Å². The Labute approximate surface area is 149 Å². The normalized spacial score (nSPS) is 10.9. The second-order valence-corrected chi connectivity index (χ2v) is 7.17. The number of hydrogen-bond donors (Lipinski definition) is 1. The van der Waals surface area contributed by atoms with Gasteiger partial charge in [0.2, 0.25) is 0 Å².